The number of rotatable bonds is 1. The molecule has 1 aliphatic rings. The summed E-state index contributed by atoms with van der Waals surface area (Å²) in [5, 5.41) is 0. The molecule has 4 heteroatoms. The third-order valence-corrected chi connectivity index (χ3v) is 2.11. The maximum Gasteiger partial charge on any atom is 0.150 e. The summed E-state index contributed by atoms with van der Waals surface area (Å²) >= 11 is 0. The molecule has 1 saturated heterocycles. The van der Waals surface area contributed by atoms with Crippen LogP contribution in [-0.4, -0.2) is 25.9 Å². The van der Waals surface area contributed by atoms with Crippen molar-refractivity contribution in [3.05, 3.63) is 0 Å². The van der Waals surface area contributed by atoms with E-state index < -0.39 is 40.1 Å². The van der Waals surface area contributed by atoms with Gasteiger partial charge in [0.15, 0.2) is 0 Å². The lowest BCUT2D eigenvalue weighted by Gasteiger charge is -2.16. The lowest BCUT2D eigenvalue weighted by molar-refractivity contribution is 0.547. The second-order valence-corrected chi connectivity index (χ2v) is 3.44. The van der Waals surface area contributed by atoms with E-state index in [-0.39, 0.29) is 5.72 Å². The summed E-state index contributed by atoms with van der Waals surface area (Å²) in [6, 6.07) is -1.06. The van der Waals surface area contributed by atoms with Gasteiger partial charge in [-0.15, -0.1) is 0 Å². The fourth-order valence-electron chi connectivity index (χ4n) is 0.535. The number of nitrogens with two attached hydrogens (primary N) is 1. The molecule has 0 unspecified atom stereocenters. The summed E-state index contributed by atoms with van der Waals surface area (Å²) in [7, 11) is -4.53. The highest BCUT2D eigenvalue weighted by atomic mass is 32.2. The SMILES string of the molecule is [2H]N([2H])C1CC([2H])([2H])S(=O)(=O)C([2H])([2H])C1. The van der Waals surface area contributed by atoms with Crippen LogP contribution in [0.5, 0.6) is 0 Å². The molecule has 0 aromatic rings. The third-order valence-electron chi connectivity index (χ3n) is 1.02. The van der Waals surface area contributed by atoms with E-state index in [1.807, 2.05) is 0 Å². The summed E-state index contributed by atoms with van der Waals surface area (Å²) < 4.78 is 65.7. The molecular weight excluding hydrogens is 138 g/mol. The van der Waals surface area contributed by atoms with Crippen molar-refractivity contribution in [1.29, 1.82) is 0 Å². The number of hydrogen-bond acceptors (Lipinski definition) is 3. The predicted octanol–water partition coefficient (Wildman–Crippen LogP) is -0.478. The standard InChI is InChI=1S/C5H11NO2S/c6-5-1-3-9(7,8)4-2-5/h5H,1-4,6H2/i3D2,4D2/hD2. The van der Waals surface area contributed by atoms with Crippen molar-refractivity contribution in [2.24, 2.45) is 5.72 Å². The first-order valence-corrected chi connectivity index (χ1v) is 4.01. The molecule has 3 nitrogen and oxygen atoms in total. The Kier molecular flexibility index (Phi) is 0.631. The number of sulfone groups is 1. The zero-order chi connectivity index (χ0) is 12.1. The molecule has 0 saturated carbocycles. The first-order chi connectivity index (χ1) is 6.51. The predicted molar refractivity (Wildman–Crippen MR) is 35.9 cm³/mol. The van der Waals surface area contributed by atoms with Gasteiger partial charge in [0.05, 0.1) is 11.4 Å². The van der Waals surface area contributed by atoms with E-state index in [0.29, 0.717) is 0 Å². The van der Waals surface area contributed by atoms with E-state index in [1.54, 1.807) is 0 Å². The van der Waals surface area contributed by atoms with Gasteiger partial charge in [0.1, 0.15) is 12.7 Å². The topological polar surface area (TPSA) is 60.2 Å². The Balaban J connectivity index is 3.14. The van der Waals surface area contributed by atoms with Crippen LogP contribution in [0.2, 0.25) is 2.82 Å². The van der Waals surface area contributed by atoms with Crippen molar-refractivity contribution in [2.75, 3.05) is 11.4 Å². The van der Waals surface area contributed by atoms with Gasteiger partial charge in [-0.2, -0.15) is 0 Å². The lowest BCUT2D eigenvalue weighted by Crippen LogP contribution is -2.32. The minimum Gasteiger partial charge on any atom is -0.328 e. The molecule has 54 valence electrons. The van der Waals surface area contributed by atoms with Crippen molar-refractivity contribution in [2.45, 2.75) is 18.9 Å². The molecule has 1 rings (SSSR count). The Labute approximate surface area is 63.7 Å². The van der Waals surface area contributed by atoms with Crippen LogP contribution >= 0.6 is 0 Å². The molecule has 0 atom stereocenters. The largest absolute Gasteiger partial charge is 0.328 e. The zero-order valence-corrected chi connectivity index (χ0v) is 5.48. The van der Waals surface area contributed by atoms with E-state index in [9.17, 15) is 8.42 Å². The molecule has 2 N–H and O–H groups in total. The third kappa shape index (κ3) is 1.95. The van der Waals surface area contributed by atoms with Crippen LogP contribution < -0.4 is 5.72 Å². The van der Waals surface area contributed by atoms with Gasteiger partial charge < -0.3 is 5.72 Å². The second-order valence-electron chi connectivity index (χ2n) is 1.85. The minimum absolute atomic E-state index is 0.157. The molecule has 0 aromatic heterocycles. The van der Waals surface area contributed by atoms with Crippen molar-refractivity contribution in [3.8, 4) is 0 Å². The minimum atomic E-state index is -4.53. The molecule has 0 amide bonds. The zero-order valence-electron chi connectivity index (χ0n) is 10.7. The highest BCUT2D eigenvalue weighted by Gasteiger charge is 2.20. The maximum atomic E-state index is 11.4. The summed E-state index contributed by atoms with van der Waals surface area (Å²) in [5.41, 5.74) is -5.29. The molecule has 0 spiro atoms. The van der Waals surface area contributed by atoms with E-state index in [2.05, 4.69) is 0 Å². The Bertz CT molecular complexity index is 329. The fraction of sp³-hybridized carbons (Fsp3) is 1.00. The van der Waals surface area contributed by atoms with Gasteiger partial charge in [-0.1, -0.05) is 0 Å². The molecular formula is C5H11NO2S. The summed E-state index contributed by atoms with van der Waals surface area (Å²) in [6.45, 7) is 0. The van der Waals surface area contributed by atoms with Crippen LogP contribution in [0.1, 0.15) is 18.3 Å². The highest BCUT2D eigenvalue weighted by molar-refractivity contribution is 7.91. The second kappa shape index (κ2) is 2.27. The quantitative estimate of drug-likeness (QED) is 0.556. The molecule has 1 fully saturated rings. The van der Waals surface area contributed by atoms with E-state index in [1.165, 1.54) is 0 Å². The Hall–Kier alpha value is -0.0900. The maximum absolute atomic E-state index is 11.4. The molecule has 1 heterocycles. The van der Waals surface area contributed by atoms with Crippen LogP contribution in [-0.2, 0) is 9.84 Å². The van der Waals surface area contributed by atoms with Gasteiger partial charge in [0.2, 0.25) is 0 Å². The van der Waals surface area contributed by atoms with Crippen LogP contribution in [0.25, 0.3) is 0 Å². The fourth-order valence-corrected chi connectivity index (χ4v) is 1.46. The van der Waals surface area contributed by atoms with Crippen molar-refractivity contribution < 1.29 is 16.7 Å². The molecule has 0 aliphatic carbocycles. The number of hydrogen-bond donors (Lipinski definition) is 1. The van der Waals surface area contributed by atoms with Crippen LogP contribution in [0, 0.1) is 0 Å². The van der Waals surface area contributed by atoms with Gasteiger partial charge in [0, 0.05) is 11.5 Å². The van der Waals surface area contributed by atoms with E-state index in [4.69, 9.17) is 8.31 Å². The summed E-state index contributed by atoms with van der Waals surface area (Å²) in [4.78, 5) is 0. The average molecular weight is 155 g/mol. The van der Waals surface area contributed by atoms with Gasteiger partial charge in [-0.3, -0.25) is 0 Å². The summed E-state index contributed by atoms with van der Waals surface area (Å²) in [6.07, 6.45) is -1.11. The van der Waals surface area contributed by atoms with Gasteiger partial charge in [-0.05, 0) is 12.8 Å². The highest BCUT2D eigenvalue weighted by Crippen LogP contribution is 2.09. The first kappa shape index (κ1) is 2.51. The van der Waals surface area contributed by atoms with E-state index >= 15 is 0 Å². The molecule has 9 heavy (non-hydrogen) atoms. The first-order valence-electron chi connectivity index (χ1n) is 5.42. The average Bonchev–Trinajstić information content (AvgIpc) is 1.99. The summed E-state index contributed by atoms with van der Waals surface area (Å²) in [5.74, 6) is 0. The van der Waals surface area contributed by atoms with E-state index in [0.717, 1.165) is 0 Å². The van der Waals surface area contributed by atoms with Gasteiger partial charge >= 0.3 is 0 Å². The van der Waals surface area contributed by atoms with Crippen molar-refractivity contribution >= 4 is 9.84 Å². The van der Waals surface area contributed by atoms with Crippen molar-refractivity contribution in [1.82, 2.24) is 0 Å². The Morgan fingerprint density at radius 2 is 2.11 bits per heavy atom. The Morgan fingerprint density at radius 1 is 1.56 bits per heavy atom. The van der Waals surface area contributed by atoms with Crippen LogP contribution in [0.4, 0.5) is 0 Å². The van der Waals surface area contributed by atoms with Gasteiger partial charge in [-0.25, -0.2) is 8.42 Å². The van der Waals surface area contributed by atoms with Crippen molar-refractivity contribution in [3.63, 3.8) is 0 Å². The monoisotopic (exact) mass is 155 g/mol. The van der Waals surface area contributed by atoms with Gasteiger partial charge in [0.25, 0.3) is 0 Å². The Morgan fingerprint density at radius 3 is 2.56 bits per heavy atom. The smallest absolute Gasteiger partial charge is 0.150 e. The van der Waals surface area contributed by atoms with Crippen LogP contribution in [0.3, 0.4) is 0 Å². The molecule has 0 bridgehead atoms. The molecule has 0 aromatic carbocycles. The van der Waals surface area contributed by atoms with Crippen LogP contribution in [0.15, 0.2) is 0 Å². The normalized spacial score (nSPS) is 49.4. The lowest BCUT2D eigenvalue weighted by atomic mass is 10.2. The molecule has 1 aliphatic heterocycles. The molecule has 0 radical (unpaired) electrons.